The molecule has 2 heterocycles. The second-order valence-electron chi connectivity index (χ2n) is 4.68. The molecule has 1 N–H and O–H groups in total. The number of nitrogens with zero attached hydrogens (tertiary/aromatic N) is 2. The molecule has 1 aliphatic rings. The van der Waals surface area contributed by atoms with E-state index in [1.54, 1.807) is 4.90 Å². The SMILES string of the molecule is CC1(C)CN(C(=O)c2nc(C(=O)O)cs2)CCS1. The van der Waals surface area contributed by atoms with Gasteiger partial charge in [0.15, 0.2) is 10.7 Å². The standard InChI is InChI=1S/C11H14N2O3S2/c1-11(2)6-13(3-4-18-11)9(14)8-12-7(5-17-8)10(15)16/h5H,3-4,6H2,1-2H3,(H,15,16). The molecule has 2 rings (SSSR count). The number of carbonyl (C=O) groups is 2. The monoisotopic (exact) mass is 286 g/mol. The highest BCUT2D eigenvalue weighted by atomic mass is 32.2. The molecule has 1 aliphatic heterocycles. The maximum absolute atomic E-state index is 12.2. The summed E-state index contributed by atoms with van der Waals surface area (Å²) in [4.78, 5) is 28.5. The van der Waals surface area contributed by atoms with Crippen LogP contribution in [-0.4, -0.2) is 50.5 Å². The van der Waals surface area contributed by atoms with Crippen LogP contribution in [0.15, 0.2) is 5.38 Å². The molecule has 5 nitrogen and oxygen atoms in total. The Morgan fingerprint density at radius 2 is 2.22 bits per heavy atom. The van der Waals surface area contributed by atoms with Crippen LogP contribution < -0.4 is 0 Å². The highest BCUT2D eigenvalue weighted by molar-refractivity contribution is 8.00. The molecule has 7 heteroatoms. The third-order valence-corrected chi connectivity index (χ3v) is 4.75. The number of hydrogen-bond donors (Lipinski definition) is 1. The van der Waals surface area contributed by atoms with E-state index in [-0.39, 0.29) is 21.4 Å². The first-order chi connectivity index (χ1) is 8.39. The molecule has 0 unspecified atom stereocenters. The maximum Gasteiger partial charge on any atom is 0.355 e. The molecule has 98 valence electrons. The zero-order valence-electron chi connectivity index (χ0n) is 10.2. The lowest BCUT2D eigenvalue weighted by molar-refractivity contribution is 0.0691. The van der Waals surface area contributed by atoms with Crippen molar-refractivity contribution in [3.05, 3.63) is 16.1 Å². The number of carboxylic acid groups (broad SMARTS) is 1. The van der Waals surface area contributed by atoms with Crippen molar-refractivity contribution >= 4 is 35.0 Å². The Kier molecular flexibility index (Phi) is 3.63. The Labute approximate surface area is 113 Å². The van der Waals surface area contributed by atoms with Crippen LogP contribution in [-0.2, 0) is 0 Å². The summed E-state index contributed by atoms with van der Waals surface area (Å²) >= 11 is 2.93. The minimum absolute atomic E-state index is 0.0425. The average Bonchev–Trinajstić information content (AvgIpc) is 2.76. The Morgan fingerprint density at radius 1 is 1.50 bits per heavy atom. The molecule has 1 aromatic rings. The normalized spacial score (nSPS) is 18.7. The lowest BCUT2D eigenvalue weighted by Crippen LogP contribution is -2.46. The van der Waals surface area contributed by atoms with E-state index in [4.69, 9.17) is 5.11 Å². The first kappa shape index (κ1) is 13.4. The number of carboxylic acids is 1. The Hall–Kier alpha value is -1.08. The molecule has 0 aromatic carbocycles. The third kappa shape index (κ3) is 2.84. The van der Waals surface area contributed by atoms with Gasteiger partial charge in [-0.15, -0.1) is 11.3 Å². The summed E-state index contributed by atoms with van der Waals surface area (Å²) in [6.45, 7) is 5.55. The smallest absolute Gasteiger partial charge is 0.355 e. The summed E-state index contributed by atoms with van der Waals surface area (Å²) in [6.07, 6.45) is 0. The molecule has 0 atom stereocenters. The van der Waals surface area contributed by atoms with Crippen LogP contribution in [0, 0.1) is 0 Å². The fraction of sp³-hybridized carbons (Fsp3) is 0.545. The lowest BCUT2D eigenvalue weighted by atomic mass is 10.2. The molecule has 0 aliphatic carbocycles. The van der Waals surface area contributed by atoms with Crippen molar-refractivity contribution in [1.82, 2.24) is 9.88 Å². The van der Waals surface area contributed by atoms with E-state index >= 15 is 0 Å². The van der Waals surface area contributed by atoms with Gasteiger partial charge >= 0.3 is 5.97 Å². The number of aromatic nitrogens is 1. The molecule has 1 saturated heterocycles. The molecule has 0 radical (unpaired) electrons. The van der Waals surface area contributed by atoms with Crippen molar-refractivity contribution in [1.29, 1.82) is 0 Å². The molecular weight excluding hydrogens is 272 g/mol. The molecule has 1 amide bonds. The van der Waals surface area contributed by atoms with Crippen molar-refractivity contribution in [3.8, 4) is 0 Å². The van der Waals surface area contributed by atoms with Gasteiger partial charge < -0.3 is 10.0 Å². The molecule has 0 spiro atoms. The number of aromatic carboxylic acids is 1. The van der Waals surface area contributed by atoms with Crippen molar-refractivity contribution in [2.24, 2.45) is 0 Å². The van der Waals surface area contributed by atoms with Crippen LogP contribution in [0.1, 0.15) is 34.1 Å². The fourth-order valence-corrected chi connectivity index (χ4v) is 3.66. The predicted molar refractivity (Wildman–Crippen MR) is 71.5 cm³/mol. The van der Waals surface area contributed by atoms with E-state index in [1.807, 2.05) is 11.8 Å². The number of hydrogen-bond acceptors (Lipinski definition) is 5. The molecule has 0 bridgehead atoms. The number of carbonyl (C=O) groups excluding carboxylic acids is 1. The minimum Gasteiger partial charge on any atom is -0.476 e. The van der Waals surface area contributed by atoms with Crippen LogP contribution in [0.2, 0.25) is 0 Å². The second kappa shape index (κ2) is 4.89. The molecule has 0 saturated carbocycles. The van der Waals surface area contributed by atoms with Gasteiger partial charge in [-0.25, -0.2) is 9.78 Å². The topological polar surface area (TPSA) is 70.5 Å². The molecular formula is C11H14N2O3S2. The van der Waals surface area contributed by atoms with Crippen LogP contribution in [0.4, 0.5) is 0 Å². The predicted octanol–water partition coefficient (Wildman–Crippen LogP) is 1.81. The van der Waals surface area contributed by atoms with Crippen molar-refractivity contribution in [3.63, 3.8) is 0 Å². The summed E-state index contributed by atoms with van der Waals surface area (Å²) in [5.74, 6) is -0.365. The minimum atomic E-state index is -1.10. The quantitative estimate of drug-likeness (QED) is 0.898. The zero-order valence-corrected chi connectivity index (χ0v) is 11.8. The van der Waals surface area contributed by atoms with Gasteiger partial charge in [-0.3, -0.25) is 4.79 Å². The van der Waals surface area contributed by atoms with Crippen LogP contribution >= 0.6 is 23.1 Å². The Bertz CT molecular complexity index is 484. The molecule has 18 heavy (non-hydrogen) atoms. The second-order valence-corrected chi connectivity index (χ2v) is 7.34. The Balaban J connectivity index is 2.13. The summed E-state index contributed by atoms with van der Waals surface area (Å²) in [5, 5.41) is 10.5. The van der Waals surface area contributed by atoms with Crippen molar-refractivity contribution < 1.29 is 14.7 Å². The highest BCUT2D eigenvalue weighted by Gasteiger charge is 2.31. The first-order valence-electron chi connectivity index (χ1n) is 5.51. The summed E-state index contributed by atoms with van der Waals surface area (Å²) < 4.78 is 0.0425. The van der Waals surface area contributed by atoms with E-state index in [0.717, 1.165) is 17.1 Å². The summed E-state index contributed by atoms with van der Waals surface area (Å²) in [7, 11) is 0. The van der Waals surface area contributed by atoms with Gasteiger partial charge in [0.2, 0.25) is 0 Å². The van der Waals surface area contributed by atoms with Crippen LogP contribution in [0.25, 0.3) is 0 Å². The number of thioether (sulfide) groups is 1. The third-order valence-electron chi connectivity index (χ3n) is 2.62. The zero-order chi connectivity index (χ0) is 13.3. The van der Waals surface area contributed by atoms with E-state index in [1.165, 1.54) is 5.38 Å². The van der Waals surface area contributed by atoms with Gasteiger partial charge in [-0.2, -0.15) is 11.8 Å². The van der Waals surface area contributed by atoms with Gasteiger partial charge in [0.1, 0.15) is 0 Å². The van der Waals surface area contributed by atoms with Gasteiger partial charge in [0, 0.05) is 29.0 Å². The highest BCUT2D eigenvalue weighted by Crippen LogP contribution is 2.30. The van der Waals surface area contributed by atoms with Crippen LogP contribution in [0.3, 0.4) is 0 Å². The maximum atomic E-state index is 12.2. The van der Waals surface area contributed by atoms with E-state index < -0.39 is 5.97 Å². The van der Waals surface area contributed by atoms with Gasteiger partial charge in [0.25, 0.3) is 5.91 Å². The Morgan fingerprint density at radius 3 is 2.78 bits per heavy atom. The summed E-state index contributed by atoms with van der Waals surface area (Å²) in [6, 6.07) is 0. The number of thiazole rings is 1. The van der Waals surface area contributed by atoms with Crippen molar-refractivity contribution in [2.75, 3.05) is 18.8 Å². The molecule has 1 aromatic heterocycles. The van der Waals surface area contributed by atoms with E-state index in [2.05, 4.69) is 18.8 Å². The molecule has 1 fully saturated rings. The lowest BCUT2D eigenvalue weighted by Gasteiger charge is -2.37. The van der Waals surface area contributed by atoms with Crippen LogP contribution in [0.5, 0.6) is 0 Å². The van der Waals surface area contributed by atoms with Gasteiger partial charge in [0.05, 0.1) is 0 Å². The van der Waals surface area contributed by atoms with E-state index in [9.17, 15) is 9.59 Å². The fourth-order valence-electron chi connectivity index (χ4n) is 1.80. The van der Waals surface area contributed by atoms with Gasteiger partial charge in [-0.1, -0.05) is 0 Å². The average molecular weight is 286 g/mol. The number of amides is 1. The number of rotatable bonds is 2. The van der Waals surface area contributed by atoms with Crippen molar-refractivity contribution in [2.45, 2.75) is 18.6 Å². The summed E-state index contributed by atoms with van der Waals surface area (Å²) in [5.41, 5.74) is -0.0611. The first-order valence-corrected chi connectivity index (χ1v) is 7.38. The van der Waals surface area contributed by atoms with E-state index in [0.29, 0.717) is 13.1 Å². The van der Waals surface area contributed by atoms with Gasteiger partial charge in [-0.05, 0) is 13.8 Å². The largest absolute Gasteiger partial charge is 0.476 e.